The van der Waals surface area contributed by atoms with E-state index in [0.717, 1.165) is 24.5 Å². The van der Waals surface area contributed by atoms with E-state index in [2.05, 4.69) is 29.8 Å². The van der Waals surface area contributed by atoms with E-state index in [1.165, 1.54) is 5.56 Å². The van der Waals surface area contributed by atoms with Crippen molar-refractivity contribution in [3.8, 4) is 0 Å². The van der Waals surface area contributed by atoms with Crippen LogP contribution >= 0.6 is 35.6 Å². The highest BCUT2D eigenvalue weighted by Crippen LogP contribution is 2.44. The molecule has 1 fully saturated rings. The Morgan fingerprint density at radius 1 is 1.42 bits per heavy atom. The van der Waals surface area contributed by atoms with Gasteiger partial charge in [-0.05, 0) is 38.0 Å². The summed E-state index contributed by atoms with van der Waals surface area (Å²) in [5.41, 5.74) is 7.27. The van der Waals surface area contributed by atoms with Gasteiger partial charge in [0.15, 0.2) is 5.96 Å². The molecule has 0 heterocycles. The number of benzene rings is 1. The minimum absolute atomic E-state index is 0. The lowest BCUT2D eigenvalue weighted by Crippen LogP contribution is -2.37. The van der Waals surface area contributed by atoms with Crippen molar-refractivity contribution in [2.24, 2.45) is 10.7 Å². The fourth-order valence-corrected chi connectivity index (χ4v) is 2.42. The second kappa shape index (κ2) is 7.33. The SMILES string of the molecule is CCN(CC)C(N)=NC1CC1c1cccc(Cl)c1.I. The van der Waals surface area contributed by atoms with E-state index in [1.54, 1.807) is 0 Å². The first kappa shape index (κ1) is 16.6. The van der Waals surface area contributed by atoms with Gasteiger partial charge in [0, 0.05) is 24.0 Å². The van der Waals surface area contributed by atoms with Gasteiger partial charge in [0.2, 0.25) is 0 Å². The zero-order chi connectivity index (χ0) is 13.1. The summed E-state index contributed by atoms with van der Waals surface area (Å²) in [6.07, 6.45) is 1.07. The minimum atomic E-state index is 0. The van der Waals surface area contributed by atoms with Crippen molar-refractivity contribution in [3.63, 3.8) is 0 Å². The first-order chi connectivity index (χ1) is 8.65. The molecule has 0 spiro atoms. The zero-order valence-electron chi connectivity index (χ0n) is 11.3. The largest absolute Gasteiger partial charge is 0.370 e. The Labute approximate surface area is 137 Å². The number of halogens is 2. The average Bonchev–Trinajstić information content (AvgIpc) is 3.10. The van der Waals surface area contributed by atoms with Gasteiger partial charge in [-0.15, -0.1) is 24.0 Å². The van der Waals surface area contributed by atoms with Gasteiger partial charge >= 0.3 is 0 Å². The van der Waals surface area contributed by atoms with Crippen LogP contribution in [0.5, 0.6) is 0 Å². The lowest BCUT2D eigenvalue weighted by Gasteiger charge is -2.19. The molecule has 106 valence electrons. The van der Waals surface area contributed by atoms with Crippen LogP contribution in [0.2, 0.25) is 5.02 Å². The molecule has 1 saturated carbocycles. The smallest absolute Gasteiger partial charge is 0.191 e. The van der Waals surface area contributed by atoms with Crippen molar-refractivity contribution in [2.75, 3.05) is 13.1 Å². The molecule has 2 rings (SSSR count). The van der Waals surface area contributed by atoms with Crippen LogP contribution in [0, 0.1) is 0 Å². The van der Waals surface area contributed by atoms with Crippen molar-refractivity contribution in [1.82, 2.24) is 4.90 Å². The fourth-order valence-electron chi connectivity index (χ4n) is 2.22. The van der Waals surface area contributed by atoms with E-state index < -0.39 is 0 Å². The molecule has 0 bridgehead atoms. The Morgan fingerprint density at radius 3 is 2.68 bits per heavy atom. The number of aliphatic imine (C=N–C) groups is 1. The van der Waals surface area contributed by atoms with E-state index in [0.29, 0.717) is 17.9 Å². The predicted octanol–water partition coefficient (Wildman–Crippen LogP) is 3.47. The van der Waals surface area contributed by atoms with Gasteiger partial charge in [-0.2, -0.15) is 0 Å². The molecule has 1 aliphatic rings. The topological polar surface area (TPSA) is 41.6 Å². The lowest BCUT2D eigenvalue weighted by atomic mass is 10.1. The Bertz CT molecular complexity index is 446. The predicted molar refractivity (Wildman–Crippen MR) is 92.6 cm³/mol. The Balaban J connectivity index is 0.00000180. The Kier molecular flexibility index (Phi) is 6.39. The van der Waals surface area contributed by atoms with Crippen LogP contribution in [-0.2, 0) is 0 Å². The molecule has 1 aromatic rings. The first-order valence-corrected chi connectivity index (χ1v) is 6.87. The normalized spacial score (nSPS) is 21.7. The maximum atomic E-state index is 6.00. The van der Waals surface area contributed by atoms with E-state index in [1.807, 2.05) is 18.2 Å². The minimum Gasteiger partial charge on any atom is -0.370 e. The third-order valence-electron chi connectivity index (χ3n) is 3.42. The van der Waals surface area contributed by atoms with Gasteiger partial charge in [-0.25, -0.2) is 4.99 Å². The van der Waals surface area contributed by atoms with Crippen LogP contribution in [0.3, 0.4) is 0 Å². The van der Waals surface area contributed by atoms with Crippen LogP contribution in [-0.4, -0.2) is 30.0 Å². The first-order valence-electron chi connectivity index (χ1n) is 6.49. The summed E-state index contributed by atoms with van der Waals surface area (Å²) in [6, 6.07) is 8.35. The molecule has 0 radical (unpaired) electrons. The molecule has 0 saturated heterocycles. The van der Waals surface area contributed by atoms with E-state index in [4.69, 9.17) is 17.3 Å². The summed E-state index contributed by atoms with van der Waals surface area (Å²) in [4.78, 5) is 6.67. The molecule has 1 aliphatic carbocycles. The lowest BCUT2D eigenvalue weighted by molar-refractivity contribution is 0.458. The Hall–Kier alpha value is -0.490. The molecule has 5 heteroatoms. The number of nitrogens with zero attached hydrogens (tertiary/aromatic N) is 2. The Morgan fingerprint density at radius 2 is 2.11 bits per heavy atom. The summed E-state index contributed by atoms with van der Waals surface area (Å²) in [5, 5.41) is 0.791. The quantitative estimate of drug-likeness (QED) is 0.483. The van der Waals surface area contributed by atoms with Crippen LogP contribution in [0.25, 0.3) is 0 Å². The number of hydrogen-bond donors (Lipinski definition) is 1. The zero-order valence-corrected chi connectivity index (χ0v) is 14.4. The third-order valence-corrected chi connectivity index (χ3v) is 3.65. The molecule has 1 aromatic carbocycles. The van der Waals surface area contributed by atoms with Crippen molar-refractivity contribution >= 4 is 41.5 Å². The molecule has 2 atom stereocenters. The van der Waals surface area contributed by atoms with Crippen LogP contribution in [0.1, 0.15) is 31.7 Å². The van der Waals surface area contributed by atoms with Crippen molar-refractivity contribution in [1.29, 1.82) is 0 Å². The number of nitrogens with two attached hydrogens (primary N) is 1. The molecule has 3 nitrogen and oxygen atoms in total. The molecular formula is C14H21ClIN3. The molecule has 0 aromatic heterocycles. The maximum absolute atomic E-state index is 6.00. The van der Waals surface area contributed by atoms with E-state index in [-0.39, 0.29) is 24.0 Å². The van der Waals surface area contributed by atoms with Gasteiger partial charge in [-0.3, -0.25) is 0 Å². The molecule has 0 aliphatic heterocycles. The van der Waals surface area contributed by atoms with Crippen molar-refractivity contribution in [2.45, 2.75) is 32.2 Å². The van der Waals surface area contributed by atoms with Crippen LogP contribution in [0.15, 0.2) is 29.3 Å². The molecule has 0 amide bonds. The van der Waals surface area contributed by atoms with Crippen LogP contribution < -0.4 is 5.73 Å². The molecule has 2 unspecified atom stereocenters. The van der Waals surface area contributed by atoms with Gasteiger partial charge < -0.3 is 10.6 Å². The van der Waals surface area contributed by atoms with Gasteiger partial charge in [0.25, 0.3) is 0 Å². The van der Waals surface area contributed by atoms with Gasteiger partial charge in [0.1, 0.15) is 0 Å². The number of rotatable bonds is 4. The standard InChI is InChI=1S/C14H20ClN3.HI/c1-3-18(4-2)14(16)17-13-9-12(13)10-6-5-7-11(15)8-10;/h5-8,12-13H,3-4,9H2,1-2H3,(H2,16,17);1H. The van der Waals surface area contributed by atoms with Gasteiger partial charge in [-0.1, -0.05) is 23.7 Å². The average molecular weight is 394 g/mol. The number of guanidine groups is 1. The highest BCUT2D eigenvalue weighted by molar-refractivity contribution is 14.0. The van der Waals surface area contributed by atoms with E-state index >= 15 is 0 Å². The summed E-state index contributed by atoms with van der Waals surface area (Å²) in [5.74, 6) is 1.15. The van der Waals surface area contributed by atoms with Crippen molar-refractivity contribution < 1.29 is 0 Å². The van der Waals surface area contributed by atoms with Crippen LogP contribution in [0.4, 0.5) is 0 Å². The summed E-state index contributed by atoms with van der Waals surface area (Å²) >= 11 is 6.00. The maximum Gasteiger partial charge on any atom is 0.191 e. The summed E-state index contributed by atoms with van der Waals surface area (Å²) in [7, 11) is 0. The highest BCUT2D eigenvalue weighted by atomic mass is 127. The fraction of sp³-hybridized carbons (Fsp3) is 0.500. The van der Waals surface area contributed by atoms with E-state index in [9.17, 15) is 0 Å². The summed E-state index contributed by atoms with van der Waals surface area (Å²) < 4.78 is 0. The highest BCUT2D eigenvalue weighted by Gasteiger charge is 2.38. The van der Waals surface area contributed by atoms with Gasteiger partial charge in [0.05, 0.1) is 6.04 Å². The monoisotopic (exact) mass is 393 g/mol. The second-order valence-electron chi connectivity index (χ2n) is 4.62. The van der Waals surface area contributed by atoms with Crippen molar-refractivity contribution in [3.05, 3.63) is 34.9 Å². The summed E-state index contributed by atoms with van der Waals surface area (Å²) in [6.45, 7) is 5.99. The number of hydrogen-bond acceptors (Lipinski definition) is 1. The molecule has 2 N–H and O–H groups in total. The molecule has 19 heavy (non-hydrogen) atoms. The third kappa shape index (κ3) is 4.24. The molecular weight excluding hydrogens is 373 g/mol. The second-order valence-corrected chi connectivity index (χ2v) is 5.06.